The van der Waals surface area contributed by atoms with Gasteiger partial charge in [0.05, 0.1) is 7.11 Å². The lowest BCUT2D eigenvalue weighted by Crippen LogP contribution is -2.20. The predicted octanol–water partition coefficient (Wildman–Crippen LogP) is 3.13. The van der Waals surface area contributed by atoms with Crippen LogP contribution < -0.4 is 10.1 Å². The van der Waals surface area contributed by atoms with Gasteiger partial charge < -0.3 is 10.1 Å². The minimum atomic E-state index is 0.983. The Morgan fingerprint density at radius 2 is 1.94 bits per heavy atom. The number of rotatable bonds is 7. The first-order chi connectivity index (χ1) is 8.90. The number of hydrogen-bond donors (Lipinski definition) is 1. The number of benzene rings is 1. The third-order valence-electron chi connectivity index (χ3n) is 2.93. The Morgan fingerprint density at radius 3 is 2.72 bits per heavy atom. The molecule has 0 aliphatic carbocycles. The van der Waals surface area contributed by atoms with Crippen molar-refractivity contribution in [3.05, 3.63) is 52.2 Å². The summed E-state index contributed by atoms with van der Waals surface area (Å²) in [5, 5.41) is 7.81. The van der Waals surface area contributed by atoms with E-state index in [9.17, 15) is 0 Å². The van der Waals surface area contributed by atoms with Gasteiger partial charge in [-0.05, 0) is 60.0 Å². The molecule has 0 atom stereocenters. The summed E-state index contributed by atoms with van der Waals surface area (Å²) in [6.07, 6.45) is 2.11. The molecule has 3 heteroatoms. The van der Waals surface area contributed by atoms with Crippen molar-refractivity contribution < 1.29 is 4.74 Å². The third-order valence-corrected chi connectivity index (χ3v) is 3.67. The van der Waals surface area contributed by atoms with E-state index in [4.69, 9.17) is 4.74 Å². The normalized spacial score (nSPS) is 10.5. The Morgan fingerprint density at radius 1 is 1.11 bits per heavy atom. The van der Waals surface area contributed by atoms with Crippen molar-refractivity contribution in [1.29, 1.82) is 0 Å². The van der Waals surface area contributed by atoms with E-state index in [-0.39, 0.29) is 0 Å². The van der Waals surface area contributed by atoms with E-state index in [2.05, 4.69) is 34.3 Å². The lowest BCUT2D eigenvalue weighted by atomic mass is 10.1. The summed E-state index contributed by atoms with van der Waals surface area (Å²) >= 11 is 1.76. The van der Waals surface area contributed by atoms with Gasteiger partial charge in [-0.1, -0.05) is 18.2 Å². The second kappa shape index (κ2) is 7.19. The summed E-state index contributed by atoms with van der Waals surface area (Å²) in [6, 6.07) is 10.4. The Balaban J connectivity index is 1.69. The van der Waals surface area contributed by atoms with Crippen molar-refractivity contribution in [2.24, 2.45) is 0 Å². The van der Waals surface area contributed by atoms with Gasteiger partial charge in [-0.2, -0.15) is 11.3 Å². The van der Waals surface area contributed by atoms with Crippen molar-refractivity contribution in [3.63, 3.8) is 0 Å². The fourth-order valence-electron chi connectivity index (χ4n) is 1.93. The fraction of sp³-hybridized carbons (Fsp3) is 0.333. The topological polar surface area (TPSA) is 21.3 Å². The summed E-state index contributed by atoms with van der Waals surface area (Å²) in [5.41, 5.74) is 2.69. The molecule has 0 saturated heterocycles. The maximum absolute atomic E-state index is 5.33. The first-order valence-electron chi connectivity index (χ1n) is 6.24. The first-order valence-corrected chi connectivity index (χ1v) is 7.18. The van der Waals surface area contributed by atoms with E-state index in [1.807, 2.05) is 12.1 Å². The predicted molar refractivity (Wildman–Crippen MR) is 77.6 cm³/mol. The van der Waals surface area contributed by atoms with Crippen LogP contribution >= 0.6 is 11.3 Å². The van der Waals surface area contributed by atoms with E-state index >= 15 is 0 Å². The summed E-state index contributed by atoms with van der Waals surface area (Å²) in [5.74, 6) is 0.983. The first kappa shape index (κ1) is 13.1. The minimum absolute atomic E-state index is 0.983. The molecule has 96 valence electrons. The van der Waals surface area contributed by atoms with Crippen LogP contribution in [0.2, 0.25) is 0 Å². The molecule has 0 unspecified atom stereocenters. The number of nitrogens with one attached hydrogen (secondary N) is 1. The van der Waals surface area contributed by atoms with Gasteiger partial charge in [0.1, 0.15) is 5.75 Å². The largest absolute Gasteiger partial charge is 0.496 e. The average Bonchev–Trinajstić information content (AvgIpc) is 2.92. The molecule has 0 amide bonds. The molecule has 1 N–H and O–H groups in total. The molecule has 0 saturated carbocycles. The van der Waals surface area contributed by atoms with Crippen molar-refractivity contribution in [1.82, 2.24) is 5.32 Å². The lowest BCUT2D eigenvalue weighted by molar-refractivity contribution is 0.409. The molecule has 0 aliphatic rings. The second-order valence-corrected chi connectivity index (χ2v) is 4.97. The van der Waals surface area contributed by atoms with Crippen molar-refractivity contribution in [3.8, 4) is 5.75 Å². The zero-order valence-electron chi connectivity index (χ0n) is 10.7. The number of ether oxygens (including phenoxy) is 1. The van der Waals surface area contributed by atoms with Gasteiger partial charge in [0.2, 0.25) is 0 Å². The summed E-state index contributed by atoms with van der Waals surface area (Å²) < 4.78 is 5.33. The van der Waals surface area contributed by atoms with E-state index in [0.29, 0.717) is 0 Å². The molecule has 1 aromatic carbocycles. The van der Waals surface area contributed by atoms with Crippen LogP contribution in [0.3, 0.4) is 0 Å². The molecule has 2 aromatic rings. The number of para-hydroxylation sites is 1. The molecular weight excluding hydrogens is 242 g/mol. The highest BCUT2D eigenvalue weighted by Crippen LogP contribution is 2.17. The van der Waals surface area contributed by atoms with Crippen molar-refractivity contribution in [2.75, 3.05) is 20.2 Å². The van der Waals surface area contributed by atoms with Crippen LogP contribution in [0, 0.1) is 0 Å². The maximum Gasteiger partial charge on any atom is 0.122 e. The Hall–Kier alpha value is -1.32. The number of thiophene rings is 1. The van der Waals surface area contributed by atoms with Gasteiger partial charge >= 0.3 is 0 Å². The second-order valence-electron chi connectivity index (χ2n) is 4.19. The third kappa shape index (κ3) is 3.86. The van der Waals surface area contributed by atoms with Gasteiger partial charge in [0.15, 0.2) is 0 Å². The highest BCUT2D eigenvalue weighted by Gasteiger charge is 2.00. The van der Waals surface area contributed by atoms with Gasteiger partial charge in [-0.15, -0.1) is 0 Å². The molecule has 0 radical (unpaired) electrons. The highest BCUT2D eigenvalue weighted by atomic mass is 32.1. The molecule has 0 bridgehead atoms. The molecular formula is C15H19NOS. The van der Waals surface area contributed by atoms with E-state index in [1.165, 1.54) is 11.1 Å². The summed E-state index contributed by atoms with van der Waals surface area (Å²) in [4.78, 5) is 0. The van der Waals surface area contributed by atoms with Crippen LogP contribution in [0.1, 0.15) is 11.1 Å². The smallest absolute Gasteiger partial charge is 0.122 e. The monoisotopic (exact) mass is 261 g/mol. The highest BCUT2D eigenvalue weighted by molar-refractivity contribution is 7.07. The zero-order valence-corrected chi connectivity index (χ0v) is 11.5. The average molecular weight is 261 g/mol. The van der Waals surface area contributed by atoms with Gasteiger partial charge in [-0.25, -0.2) is 0 Å². The van der Waals surface area contributed by atoms with Crippen LogP contribution in [-0.2, 0) is 12.8 Å². The Kier molecular flexibility index (Phi) is 5.24. The minimum Gasteiger partial charge on any atom is -0.496 e. The Bertz CT molecular complexity index is 453. The molecule has 2 nitrogen and oxygen atoms in total. The summed E-state index contributed by atoms with van der Waals surface area (Å²) in [7, 11) is 1.73. The van der Waals surface area contributed by atoms with Crippen LogP contribution in [-0.4, -0.2) is 20.2 Å². The standard InChI is InChI=1S/C15H19NOS/c1-17-15-5-3-2-4-14(15)7-10-16-9-6-13-8-11-18-12-13/h2-5,8,11-12,16H,6-7,9-10H2,1H3. The quantitative estimate of drug-likeness (QED) is 0.773. The fourth-order valence-corrected chi connectivity index (χ4v) is 2.63. The van der Waals surface area contributed by atoms with Gasteiger partial charge in [-0.3, -0.25) is 0 Å². The molecule has 0 spiro atoms. The maximum atomic E-state index is 5.33. The van der Waals surface area contributed by atoms with Crippen LogP contribution in [0.15, 0.2) is 41.1 Å². The number of methoxy groups -OCH3 is 1. The van der Waals surface area contributed by atoms with Crippen molar-refractivity contribution in [2.45, 2.75) is 12.8 Å². The molecule has 0 fully saturated rings. The molecule has 1 heterocycles. The van der Waals surface area contributed by atoms with Gasteiger partial charge in [0.25, 0.3) is 0 Å². The summed E-state index contributed by atoms with van der Waals surface area (Å²) in [6.45, 7) is 2.02. The van der Waals surface area contributed by atoms with Gasteiger partial charge in [0, 0.05) is 0 Å². The van der Waals surface area contributed by atoms with E-state index < -0.39 is 0 Å². The number of hydrogen-bond acceptors (Lipinski definition) is 3. The van der Waals surface area contributed by atoms with Crippen LogP contribution in [0.25, 0.3) is 0 Å². The van der Waals surface area contributed by atoms with E-state index in [1.54, 1.807) is 18.4 Å². The molecule has 2 rings (SSSR count). The van der Waals surface area contributed by atoms with Crippen LogP contribution in [0.4, 0.5) is 0 Å². The molecule has 0 aliphatic heterocycles. The molecule has 1 aromatic heterocycles. The van der Waals surface area contributed by atoms with Crippen molar-refractivity contribution >= 4 is 11.3 Å². The Labute approximate surface area is 113 Å². The zero-order chi connectivity index (χ0) is 12.6. The SMILES string of the molecule is COc1ccccc1CCNCCc1ccsc1. The molecule has 18 heavy (non-hydrogen) atoms. The van der Waals surface area contributed by atoms with E-state index in [0.717, 1.165) is 31.7 Å². The lowest BCUT2D eigenvalue weighted by Gasteiger charge is -2.08. The van der Waals surface area contributed by atoms with Crippen LogP contribution in [0.5, 0.6) is 5.75 Å².